The Morgan fingerprint density at radius 2 is 1.27 bits per heavy atom. The van der Waals surface area contributed by atoms with Crippen LogP contribution in [0.4, 0.5) is 28.4 Å². The van der Waals surface area contributed by atoms with Crippen molar-refractivity contribution in [3.05, 3.63) is 90.5 Å². The fourth-order valence-electron chi connectivity index (χ4n) is 3.38. The SMILES string of the molecule is COc1cc(N=Nc2ccc(C(=O)Nc3ccc(N=Nc4cccc(S(=O)(=O)O)c4)cc3OC)cc2)ccc1O. The first-order chi connectivity index (χ1) is 19.2. The van der Waals surface area contributed by atoms with E-state index in [0.717, 1.165) is 0 Å². The van der Waals surface area contributed by atoms with Gasteiger partial charge in [-0.15, -0.1) is 0 Å². The van der Waals surface area contributed by atoms with Crippen LogP contribution in [-0.4, -0.2) is 38.2 Å². The first kappa shape index (κ1) is 27.9. The van der Waals surface area contributed by atoms with Crippen molar-refractivity contribution in [1.82, 2.24) is 0 Å². The average Bonchev–Trinajstić information content (AvgIpc) is 2.96. The van der Waals surface area contributed by atoms with Gasteiger partial charge < -0.3 is 19.9 Å². The summed E-state index contributed by atoms with van der Waals surface area (Å²) in [6.45, 7) is 0. The maximum Gasteiger partial charge on any atom is 0.294 e. The molecule has 4 aromatic rings. The van der Waals surface area contributed by atoms with E-state index >= 15 is 0 Å². The minimum absolute atomic E-state index is 0.00321. The number of phenolic OH excluding ortho intramolecular Hbond substituents is 1. The van der Waals surface area contributed by atoms with Crippen LogP contribution in [0.15, 0.2) is 110 Å². The van der Waals surface area contributed by atoms with E-state index < -0.39 is 10.1 Å². The van der Waals surface area contributed by atoms with Gasteiger partial charge in [-0.05, 0) is 66.7 Å². The van der Waals surface area contributed by atoms with Crippen LogP contribution >= 0.6 is 0 Å². The Kier molecular flexibility index (Phi) is 8.47. The van der Waals surface area contributed by atoms with E-state index in [4.69, 9.17) is 9.47 Å². The van der Waals surface area contributed by atoms with E-state index in [1.807, 2.05) is 0 Å². The number of rotatable bonds is 9. The highest BCUT2D eigenvalue weighted by Crippen LogP contribution is 2.32. The molecule has 12 nitrogen and oxygen atoms in total. The van der Waals surface area contributed by atoms with Crippen LogP contribution in [0.3, 0.4) is 0 Å². The number of methoxy groups -OCH3 is 2. The van der Waals surface area contributed by atoms with Crippen molar-refractivity contribution in [1.29, 1.82) is 0 Å². The molecule has 13 heteroatoms. The Labute approximate surface area is 229 Å². The molecule has 0 saturated carbocycles. The van der Waals surface area contributed by atoms with Crippen molar-refractivity contribution < 1.29 is 32.3 Å². The van der Waals surface area contributed by atoms with E-state index in [1.54, 1.807) is 54.6 Å². The average molecular weight is 562 g/mol. The van der Waals surface area contributed by atoms with Gasteiger partial charge in [0.15, 0.2) is 11.5 Å². The van der Waals surface area contributed by atoms with E-state index in [0.29, 0.717) is 34.1 Å². The quantitative estimate of drug-likeness (QED) is 0.150. The molecule has 0 heterocycles. The number of nitrogens with one attached hydrogen (secondary N) is 1. The third kappa shape index (κ3) is 7.03. The molecular formula is C27H23N5O7S. The second kappa shape index (κ2) is 12.1. The molecule has 40 heavy (non-hydrogen) atoms. The van der Waals surface area contributed by atoms with Crippen molar-refractivity contribution in [2.45, 2.75) is 4.90 Å². The molecule has 3 N–H and O–H groups in total. The van der Waals surface area contributed by atoms with Gasteiger partial charge in [-0.3, -0.25) is 9.35 Å². The summed E-state index contributed by atoms with van der Waals surface area (Å²) in [5.41, 5.74) is 2.36. The number of phenols is 1. The van der Waals surface area contributed by atoms with Gasteiger partial charge in [0.25, 0.3) is 16.0 Å². The Morgan fingerprint density at radius 3 is 1.90 bits per heavy atom. The van der Waals surface area contributed by atoms with Gasteiger partial charge in [-0.1, -0.05) is 6.07 Å². The van der Waals surface area contributed by atoms with Crippen LogP contribution in [-0.2, 0) is 10.1 Å². The van der Waals surface area contributed by atoms with Crippen molar-refractivity contribution in [3.8, 4) is 17.2 Å². The van der Waals surface area contributed by atoms with Gasteiger partial charge in [0.05, 0.1) is 47.6 Å². The number of carbonyl (C=O) groups is 1. The number of carbonyl (C=O) groups excluding carboxylic acids is 1. The molecule has 4 aromatic carbocycles. The lowest BCUT2D eigenvalue weighted by molar-refractivity contribution is 0.102. The Morgan fingerprint density at radius 1 is 0.725 bits per heavy atom. The lowest BCUT2D eigenvalue weighted by Gasteiger charge is -2.11. The zero-order chi connectivity index (χ0) is 28.7. The number of azo groups is 2. The van der Waals surface area contributed by atoms with Crippen molar-refractivity contribution in [2.75, 3.05) is 19.5 Å². The molecule has 0 bridgehead atoms. The van der Waals surface area contributed by atoms with Crippen LogP contribution in [0.2, 0.25) is 0 Å². The van der Waals surface area contributed by atoms with Gasteiger partial charge in [0.2, 0.25) is 0 Å². The van der Waals surface area contributed by atoms with Gasteiger partial charge in [0.1, 0.15) is 5.75 Å². The zero-order valence-corrected chi connectivity index (χ0v) is 22.0. The fourth-order valence-corrected chi connectivity index (χ4v) is 3.91. The summed E-state index contributed by atoms with van der Waals surface area (Å²) >= 11 is 0. The topological polar surface area (TPSA) is 172 Å². The molecule has 0 fully saturated rings. The smallest absolute Gasteiger partial charge is 0.294 e. The highest BCUT2D eigenvalue weighted by Gasteiger charge is 2.12. The number of benzene rings is 4. The third-order valence-corrected chi connectivity index (χ3v) is 6.25. The summed E-state index contributed by atoms with van der Waals surface area (Å²) < 4.78 is 42.2. The predicted molar refractivity (Wildman–Crippen MR) is 147 cm³/mol. The molecule has 204 valence electrons. The fraction of sp³-hybridized carbons (Fsp3) is 0.0741. The first-order valence-corrected chi connectivity index (χ1v) is 13.0. The Bertz CT molecular complexity index is 1710. The van der Waals surface area contributed by atoms with E-state index in [1.165, 1.54) is 44.6 Å². The Hall–Kier alpha value is -5.14. The molecule has 4 rings (SSSR count). The van der Waals surface area contributed by atoms with Crippen LogP contribution < -0.4 is 14.8 Å². The van der Waals surface area contributed by atoms with Crippen LogP contribution in [0.5, 0.6) is 17.2 Å². The molecule has 0 unspecified atom stereocenters. The highest BCUT2D eigenvalue weighted by atomic mass is 32.2. The molecule has 0 aliphatic carbocycles. The minimum Gasteiger partial charge on any atom is -0.504 e. The molecule has 0 saturated heterocycles. The van der Waals surface area contributed by atoms with Gasteiger partial charge >= 0.3 is 0 Å². The van der Waals surface area contributed by atoms with Gasteiger partial charge in [-0.2, -0.15) is 28.9 Å². The molecule has 1 amide bonds. The number of amides is 1. The summed E-state index contributed by atoms with van der Waals surface area (Å²) in [5.74, 6) is 0.213. The normalized spacial score (nSPS) is 11.6. The van der Waals surface area contributed by atoms with Crippen molar-refractivity contribution >= 4 is 44.5 Å². The summed E-state index contributed by atoms with van der Waals surface area (Å²) in [6.07, 6.45) is 0. The molecule has 0 aliphatic heterocycles. The number of anilines is 1. The molecule has 0 spiro atoms. The lowest BCUT2D eigenvalue weighted by Crippen LogP contribution is -2.12. The number of ether oxygens (including phenoxy) is 2. The summed E-state index contributed by atoms with van der Waals surface area (Å²) in [4.78, 5) is 12.5. The standard InChI is InChI=1S/C27H23N5O7S/c1-38-25-15-20(32-30-19-4-3-5-22(14-19)40(35,36)37)10-12-23(25)28-27(34)17-6-8-18(9-7-17)29-31-21-11-13-24(33)26(16-21)39-2/h3-16,33H,1-2H3,(H,28,34)(H,35,36,37). The lowest BCUT2D eigenvalue weighted by atomic mass is 10.2. The zero-order valence-electron chi connectivity index (χ0n) is 21.2. The Balaban J connectivity index is 1.43. The summed E-state index contributed by atoms with van der Waals surface area (Å²) in [6, 6.07) is 21.2. The molecule has 0 aliphatic rings. The molecular weight excluding hydrogens is 538 g/mol. The van der Waals surface area contributed by atoms with Crippen LogP contribution in [0, 0.1) is 0 Å². The highest BCUT2D eigenvalue weighted by molar-refractivity contribution is 7.85. The summed E-state index contributed by atoms with van der Waals surface area (Å²) in [7, 11) is -1.49. The van der Waals surface area contributed by atoms with Crippen LogP contribution in [0.1, 0.15) is 10.4 Å². The van der Waals surface area contributed by atoms with E-state index in [9.17, 15) is 22.9 Å². The van der Waals surface area contributed by atoms with E-state index in [2.05, 4.69) is 25.8 Å². The minimum atomic E-state index is -4.36. The second-order valence-electron chi connectivity index (χ2n) is 8.11. The number of nitrogens with zero attached hydrogens (tertiary/aromatic N) is 4. The number of aromatic hydroxyl groups is 1. The monoisotopic (exact) mass is 561 g/mol. The summed E-state index contributed by atoms with van der Waals surface area (Å²) in [5, 5.41) is 28.8. The van der Waals surface area contributed by atoms with Crippen molar-refractivity contribution in [3.63, 3.8) is 0 Å². The van der Waals surface area contributed by atoms with E-state index in [-0.39, 0.29) is 28.0 Å². The second-order valence-corrected chi connectivity index (χ2v) is 9.54. The van der Waals surface area contributed by atoms with Gasteiger partial charge in [-0.25, -0.2) is 0 Å². The molecule has 0 aromatic heterocycles. The van der Waals surface area contributed by atoms with Gasteiger partial charge in [0, 0.05) is 17.7 Å². The molecule has 0 radical (unpaired) electrons. The first-order valence-electron chi connectivity index (χ1n) is 11.5. The van der Waals surface area contributed by atoms with Crippen molar-refractivity contribution in [2.24, 2.45) is 20.5 Å². The number of hydrogen-bond donors (Lipinski definition) is 3. The third-order valence-electron chi connectivity index (χ3n) is 5.40. The molecule has 0 atom stereocenters. The maximum absolute atomic E-state index is 12.8. The maximum atomic E-state index is 12.8. The number of hydrogen-bond acceptors (Lipinski definition) is 10. The van der Waals surface area contributed by atoms with Crippen LogP contribution in [0.25, 0.3) is 0 Å². The predicted octanol–water partition coefficient (Wildman–Crippen LogP) is 6.74. The largest absolute Gasteiger partial charge is 0.504 e.